The monoisotopic (exact) mass is 596 g/mol. The molecule has 1 aromatic carbocycles. The summed E-state index contributed by atoms with van der Waals surface area (Å²) in [5, 5.41) is 0. The first-order chi connectivity index (χ1) is 20.0. The minimum absolute atomic E-state index is 0.248. The molecule has 0 N–H and O–H groups in total. The van der Waals surface area contributed by atoms with Crippen LogP contribution in [0.3, 0.4) is 0 Å². The van der Waals surface area contributed by atoms with E-state index in [0.717, 1.165) is 35.7 Å². The number of hydrogen-bond donors (Lipinski definition) is 0. The van der Waals surface area contributed by atoms with E-state index in [4.69, 9.17) is 9.98 Å². The van der Waals surface area contributed by atoms with Crippen LogP contribution in [-0.2, 0) is 0 Å². The molecule has 0 saturated heterocycles. The average molecular weight is 596 g/mol. The number of benzene rings is 1. The molecular formula is C38H32N2Se. The second-order valence-corrected chi connectivity index (χ2v) is 13.3. The zero-order valence-corrected chi connectivity index (χ0v) is 25.7. The van der Waals surface area contributed by atoms with Crippen LogP contribution in [0.1, 0.15) is 51.7 Å². The van der Waals surface area contributed by atoms with Crippen LogP contribution in [0.4, 0.5) is 0 Å². The zero-order chi connectivity index (χ0) is 28.1. The maximum atomic E-state index is 5.20. The Labute approximate surface area is 248 Å². The number of hydrogen-bond acceptors (Lipinski definition) is 2. The third-order valence-electron chi connectivity index (χ3n) is 8.46. The Hall–Kier alpha value is -4.04. The minimum atomic E-state index is 0.248. The molecule has 0 radical (unpaired) electrons. The van der Waals surface area contributed by atoms with E-state index in [9.17, 15) is 0 Å². The van der Waals surface area contributed by atoms with Crippen molar-refractivity contribution >= 4 is 50.2 Å². The predicted molar refractivity (Wildman–Crippen MR) is 177 cm³/mol. The molecule has 7 rings (SSSR count). The van der Waals surface area contributed by atoms with Gasteiger partial charge in [-0.05, 0) is 0 Å². The molecule has 8 bridgehead atoms. The van der Waals surface area contributed by atoms with Gasteiger partial charge in [-0.2, -0.15) is 0 Å². The Morgan fingerprint density at radius 3 is 1.54 bits per heavy atom. The molecule has 0 saturated carbocycles. The van der Waals surface area contributed by atoms with E-state index in [0.29, 0.717) is 0 Å². The van der Waals surface area contributed by atoms with Crippen molar-refractivity contribution in [2.45, 2.75) is 40.5 Å². The molecule has 3 aliphatic heterocycles. The van der Waals surface area contributed by atoms with Gasteiger partial charge in [-0.25, -0.2) is 0 Å². The SMILES string of the molecule is CCC1=C(C)C2=NC1=Cc1cc(c3ccc(-c4ccccc4)ccc1-3)C=C1N=C(C=c3ccc([se]3)=C2)C(C)=C1CC. The molecule has 2 aromatic rings. The zero-order valence-electron chi connectivity index (χ0n) is 24.0. The Bertz CT molecular complexity index is 1880. The summed E-state index contributed by atoms with van der Waals surface area (Å²) in [5.74, 6) is 0. The fourth-order valence-electron chi connectivity index (χ4n) is 6.23. The Kier molecular flexibility index (Phi) is 6.58. The van der Waals surface area contributed by atoms with Crippen molar-refractivity contribution in [1.82, 2.24) is 0 Å². The van der Waals surface area contributed by atoms with Crippen LogP contribution in [-0.4, -0.2) is 25.9 Å². The summed E-state index contributed by atoms with van der Waals surface area (Å²) in [6, 6.07) is 26.5. The van der Waals surface area contributed by atoms with Crippen molar-refractivity contribution in [2.75, 3.05) is 0 Å². The first-order valence-corrected chi connectivity index (χ1v) is 16.2. The van der Waals surface area contributed by atoms with Gasteiger partial charge >= 0.3 is 218 Å². The molecule has 5 aliphatic rings. The van der Waals surface area contributed by atoms with Gasteiger partial charge in [0.2, 0.25) is 0 Å². The fraction of sp³-hybridized carbons (Fsp3) is 0.158. The topological polar surface area (TPSA) is 24.7 Å². The summed E-state index contributed by atoms with van der Waals surface area (Å²) in [7, 11) is 0. The molecule has 0 fully saturated rings. The number of fused-ring (bicyclic) bond motifs is 9. The average Bonchev–Trinajstić information content (AvgIpc) is 3.66. The van der Waals surface area contributed by atoms with Crippen LogP contribution < -0.4 is 8.19 Å². The molecule has 0 spiro atoms. The van der Waals surface area contributed by atoms with Gasteiger partial charge in [-0.3, -0.25) is 0 Å². The number of aliphatic imine (C=N–C) groups is 2. The van der Waals surface area contributed by atoms with Gasteiger partial charge < -0.3 is 0 Å². The summed E-state index contributed by atoms with van der Waals surface area (Å²) >= 11 is 0.248. The first-order valence-electron chi connectivity index (χ1n) is 14.5. The second kappa shape index (κ2) is 10.4. The van der Waals surface area contributed by atoms with Crippen molar-refractivity contribution in [1.29, 1.82) is 0 Å². The van der Waals surface area contributed by atoms with Crippen LogP contribution in [0.2, 0.25) is 0 Å². The molecule has 0 amide bonds. The van der Waals surface area contributed by atoms with Gasteiger partial charge in [0.05, 0.1) is 0 Å². The van der Waals surface area contributed by atoms with Crippen LogP contribution in [0.25, 0.3) is 46.6 Å². The molecule has 2 nitrogen and oxygen atoms in total. The summed E-state index contributed by atoms with van der Waals surface area (Å²) in [4.78, 5) is 10.4. The maximum absolute atomic E-state index is 5.20. The summed E-state index contributed by atoms with van der Waals surface area (Å²) in [6.07, 6.45) is 11.1. The van der Waals surface area contributed by atoms with E-state index in [-0.39, 0.29) is 14.5 Å². The van der Waals surface area contributed by atoms with Crippen LogP contribution >= 0.6 is 0 Å². The van der Waals surface area contributed by atoms with E-state index in [1.54, 1.807) is 0 Å². The normalized spacial score (nSPS) is 16.3. The van der Waals surface area contributed by atoms with Gasteiger partial charge in [0.25, 0.3) is 0 Å². The molecule has 2 aliphatic carbocycles. The first kappa shape index (κ1) is 25.9. The van der Waals surface area contributed by atoms with Gasteiger partial charge in [-0.1, -0.05) is 30.3 Å². The summed E-state index contributed by atoms with van der Waals surface area (Å²) in [6.45, 7) is 8.93. The van der Waals surface area contributed by atoms with Crippen molar-refractivity contribution in [3.05, 3.63) is 126 Å². The quantitative estimate of drug-likeness (QED) is 0.216. The third-order valence-corrected chi connectivity index (χ3v) is 10.5. The summed E-state index contributed by atoms with van der Waals surface area (Å²) < 4.78 is 2.72. The van der Waals surface area contributed by atoms with Gasteiger partial charge in [0.1, 0.15) is 0 Å². The van der Waals surface area contributed by atoms with Crippen LogP contribution in [0.15, 0.2) is 116 Å². The Morgan fingerprint density at radius 2 is 1.05 bits per heavy atom. The van der Waals surface area contributed by atoms with E-state index < -0.39 is 0 Å². The molecule has 1 aromatic heterocycles. The van der Waals surface area contributed by atoms with Gasteiger partial charge in [0, 0.05) is 0 Å². The van der Waals surface area contributed by atoms with Crippen LogP contribution in [0.5, 0.6) is 0 Å². The van der Waals surface area contributed by atoms with Crippen molar-refractivity contribution in [2.24, 2.45) is 9.98 Å². The van der Waals surface area contributed by atoms with Crippen molar-refractivity contribution < 1.29 is 0 Å². The van der Waals surface area contributed by atoms with E-state index in [1.165, 1.54) is 63.9 Å². The molecule has 3 heteroatoms. The third kappa shape index (κ3) is 4.60. The molecular weight excluding hydrogens is 563 g/mol. The van der Waals surface area contributed by atoms with Gasteiger partial charge in [-0.15, -0.1) is 0 Å². The van der Waals surface area contributed by atoms with Crippen LogP contribution in [0, 0.1) is 0 Å². The molecule has 4 heterocycles. The Balaban J connectivity index is 1.53. The summed E-state index contributed by atoms with van der Waals surface area (Å²) in [5.41, 5.74) is 16.9. The fourth-order valence-corrected chi connectivity index (χ4v) is 8.08. The second-order valence-electron chi connectivity index (χ2n) is 10.9. The standard InChI is InChI=1S/C38H32N2Se/c1-5-31-23(3)35-21-29-14-15-30(41-29)22-36-24(4)32(6-2)38(40-36)20-28-18-27(19-37(31)39-35)33-16-12-26(13-17-34(28)33)25-10-8-7-9-11-25/h7-22H,5-6H2,1-4H3. The molecule has 41 heavy (non-hydrogen) atoms. The predicted octanol–water partition coefficient (Wildman–Crippen LogP) is 7.83. The molecule has 200 valence electrons. The molecule has 0 atom stereocenters. The van der Waals surface area contributed by atoms with E-state index in [1.807, 2.05) is 0 Å². The van der Waals surface area contributed by atoms with E-state index >= 15 is 0 Å². The van der Waals surface area contributed by atoms with Gasteiger partial charge in [0.15, 0.2) is 0 Å². The molecule has 0 unspecified atom stereocenters. The van der Waals surface area contributed by atoms with Crippen molar-refractivity contribution in [3.63, 3.8) is 0 Å². The Morgan fingerprint density at radius 1 is 0.561 bits per heavy atom. The van der Waals surface area contributed by atoms with Crippen molar-refractivity contribution in [3.8, 4) is 22.3 Å². The number of nitrogens with zero attached hydrogens (tertiary/aromatic N) is 2. The van der Waals surface area contributed by atoms with E-state index in [2.05, 4.69) is 125 Å². The number of rotatable bonds is 3. The number of allylic oxidation sites excluding steroid dienone is 4.